The molecule has 1 aliphatic heterocycles. The van der Waals surface area contributed by atoms with E-state index in [1.165, 1.54) is 5.56 Å². The number of aromatic nitrogens is 1. The zero-order valence-corrected chi connectivity index (χ0v) is 12.1. The molecule has 0 aliphatic carbocycles. The van der Waals surface area contributed by atoms with Gasteiger partial charge in [0.2, 0.25) is 5.91 Å². The van der Waals surface area contributed by atoms with E-state index in [2.05, 4.69) is 15.6 Å². The molecule has 1 saturated heterocycles. The van der Waals surface area contributed by atoms with E-state index in [0.717, 1.165) is 32.4 Å². The van der Waals surface area contributed by atoms with Crippen LogP contribution in [0.3, 0.4) is 0 Å². The molecule has 19 heavy (non-hydrogen) atoms. The zero-order chi connectivity index (χ0) is 12.8. The van der Waals surface area contributed by atoms with Crippen LogP contribution in [0.2, 0.25) is 0 Å². The third-order valence-corrected chi connectivity index (χ3v) is 3.59. The number of pyridine rings is 1. The molecule has 4 nitrogen and oxygen atoms in total. The summed E-state index contributed by atoms with van der Waals surface area (Å²) in [5, 5.41) is 6.34. The minimum absolute atomic E-state index is 0. The third-order valence-electron chi connectivity index (χ3n) is 3.59. The molecule has 5 heteroatoms. The summed E-state index contributed by atoms with van der Waals surface area (Å²) in [6.07, 6.45) is 6.47. The second kappa shape index (κ2) is 7.46. The summed E-state index contributed by atoms with van der Waals surface area (Å²) in [5.74, 6) is 0.170. The van der Waals surface area contributed by atoms with Crippen molar-refractivity contribution in [2.75, 3.05) is 19.6 Å². The Labute approximate surface area is 120 Å². The van der Waals surface area contributed by atoms with E-state index in [-0.39, 0.29) is 23.7 Å². The molecule has 1 aliphatic rings. The van der Waals surface area contributed by atoms with Crippen molar-refractivity contribution in [3.8, 4) is 0 Å². The van der Waals surface area contributed by atoms with Crippen LogP contribution in [-0.2, 0) is 11.2 Å². The van der Waals surface area contributed by atoms with E-state index in [1.807, 2.05) is 19.1 Å². The van der Waals surface area contributed by atoms with Crippen LogP contribution in [0.4, 0.5) is 0 Å². The molecule has 1 atom stereocenters. The normalized spacial score (nSPS) is 22.4. The molecule has 1 aromatic heterocycles. The predicted octanol–water partition coefficient (Wildman–Crippen LogP) is 1.55. The fourth-order valence-corrected chi connectivity index (χ4v) is 2.33. The minimum atomic E-state index is -0.240. The van der Waals surface area contributed by atoms with Gasteiger partial charge in [-0.2, -0.15) is 0 Å². The fraction of sp³-hybridized carbons (Fsp3) is 0.571. The first-order chi connectivity index (χ1) is 8.71. The van der Waals surface area contributed by atoms with E-state index in [4.69, 9.17) is 0 Å². The highest BCUT2D eigenvalue weighted by Gasteiger charge is 2.34. The van der Waals surface area contributed by atoms with Gasteiger partial charge in [-0.3, -0.25) is 9.78 Å². The van der Waals surface area contributed by atoms with Gasteiger partial charge in [-0.25, -0.2) is 0 Å². The Kier molecular flexibility index (Phi) is 6.25. The average molecular weight is 284 g/mol. The lowest BCUT2D eigenvalue weighted by Gasteiger charge is -2.32. The lowest BCUT2D eigenvalue weighted by atomic mass is 9.82. The summed E-state index contributed by atoms with van der Waals surface area (Å²) in [6, 6.07) is 3.96. The van der Waals surface area contributed by atoms with Crippen LogP contribution in [-0.4, -0.2) is 30.5 Å². The van der Waals surface area contributed by atoms with Crippen molar-refractivity contribution < 1.29 is 4.79 Å². The molecule has 1 unspecified atom stereocenters. The second-order valence-electron chi connectivity index (χ2n) is 5.20. The molecule has 1 aromatic rings. The Morgan fingerprint density at radius 2 is 2.21 bits per heavy atom. The highest BCUT2D eigenvalue weighted by molar-refractivity contribution is 5.85. The summed E-state index contributed by atoms with van der Waals surface area (Å²) in [5.41, 5.74) is 0.966. The van der Waals surface area contributed by atoms with E-state index >= 15 is 0 Å². The van der Waals surface area contributed by atoms with E-state index in [0.29, 0.717) is 6.54 Å². The Hall–Kier alpha value is -1.13. The van der Waals surface area contributed by atoms with Crippen molar-refractivity contribution in [1.29, 1.82) is 0 Å². The van der Waals surface area contributed by atoms with Gasteiger partial charge in [-0.1, -0.05) is 0 Å². The van der Waals surface area contributed by atoms with Crippen LogP contribution in [0.5, 0.6) is 0 Å². The number of piperidine rings is 1. The van der Waals surface area contributed by atoms with Crippen molar-refractivity contribution in [3.63, 3.8) is 0 Å². The van der Waals surface area contributed by atoms with Gasteiger partial charge in [0.15, 0.2) is 0 Å². The SMILES string of the molecule is CC1(C(=O)NCCc2ccncc2)CCCNC1.Cl. The molecule has 0 spiro atoms. The first kappa shape index (κ1) is 15.9. The molecule has 2 rings (SSSR count). The topological polar surface area (TPSA) is 54.0 Å². The first-order valence-corrected chi connectivity index (χ1v) is 6.59. The van der Waals surface area contributed by atoms with Gasteiger partial charge in [0.05, 0.1) is 5.41 Å². The number of hydrogen-bond acceptors (Lipinski definition) is 3. The van der Waals surface area contributed by atoms with Crippen molar-refractivity contribution in [3.05, 3.63) is 30.1 Å². The summed E-state index contributed by atoms with van der Waals surface area (Å²) >= 11 is 0. The Morgan fingerprint density at radius 1 is 1.47 bits per heavy atom. The van der Waals surface area contributed by atoms with Gasteiger partial charge in [-0.15, -0.1) is 12.4 Å². The van der Waals surface area contributed by atoms with Crippen molar-refractivity contribution in [1.82, 2.24) is 15.6 Å². The van der Waals surface area contributed by atoms with E-state index in [1.54, 1.807) is 12.4 Å². The van der Waals surface area contributed by atoms with Crippen molar-refractivity contribution >= 4 is 18.3 Å². The fourth-order valence-electron chi connectivity index (χ4n) is 2.33. The smallest absolute Gasteiger partial charge is 0.227 e. The molecule has 106 valence electrons. The van der Waals surface area contributed by atoms with Crippen LogP contribution in [0.15, 0.2) is 24.5 Å². The molecule has 0 aromatic carbocycles. The molecule has 1 fully saturated rings. The summed E-state index contributed by atoms with van der Waals surface area (Å²) in [7, 11) is 0. The number of hydrogen-bond donors (Lipinski definition) is 2. The number of halogens is 1. The maximum atomic E-state index is 12.1. The van der Waals surface area contributed by atoms with Crippen LogP contribution in [0, 0.1) is 5.41 Å². The molecular formula is C14H22ClN3O. The third kappa shape index (κ3) is 4.48. The highest BCUT2D eigenvalue weighted by atomic mass is 35.5. The lowest BCUT2D eigenvalue weighted by molar-refractivity contribution is -0.131. The monoisotopic (exact) mass is 283 g/mol. The largest absolute Gasteiger partial charge is 0.355 e. The van der Waals surface area contributed by atoms with Crippen LogP contribution in [0.25, 0.3) is 0 Å². The number of rotatable bonds is 4. The van der Waals surface area contributed by atoms with Gasteiger partial charge >= 0.3 is 0 Å². The minimum Gasteiger partial charge on any atom is -0.355 e. The van der Waals surface area contributed by atoms with E-state index in [9.17, 15) is 4.79 Å². The molecule has 2 N–H and O–H groups in total. The van der Waals surface area contributed by atoms with Crippen LogP contribution >= 0.6 is 12.4 Å². The molecule has 0 saturated carbocycles. The number of nitrogens with zero attached hydrogens (tertiary/aromatic N) is 1. The van der Waals surface area contributed by atoms with Crippen LogP contribution < -0.4 is 10.6 Å². The number of carbonyl (C=O) groups is 1. The van der Waals surface area contributed by atoms with Gasteiger partial charge in [0.25, 0.3) is 0 Å². The number of nitrogens with one attached hydrogen (secondary N) is 2. The van der Waals surface area contributed by atoms with Gasteiger partial charge in [-0.05, 0) is 50.4 Å². The Balaban J connectivity index is 0.00000180. The maximum absolute atomic E-state index is 12.1. The summed E-state index contributed by atoms with van der Waals surface area (Å²) in [6.45, 7) is 4.55. The van der Waals surface area contributed by atoms with Crippen molar-refractivity contribution in [2.45, 2.75) is 26.2 Å². The zero-order valence-electron chi connectivity index (χ0n) is 11.3. The maximum Gasteiger partial charge on any atom is 0.227 e. The number of carbonyl (C=O) groups excluding carboxylic acids is 1. The predicted molar refractivity (Wildman–Crippen MR) is 78.4 cm³/mol. The molecule has 0 radical (unpaired) electrons. The van der Waals surface area contributed by atoms with E-state index < -0.39 is 0 Å². The number of amides is 1. The first-order valence-electron chi connectivity index (χ1n) is 6.59. The molecule has 0 bridgehead atoms. The van der Waals surface area contributed by atoms with Gasteiger partial charge in [0.1, 0.15) is 0 Å². The van der Waals surface area contributed by atoms with Crippen molar-refractivity contribution in [2.24, 2.45) is 5.41 Å². The van der Waals surface area contributed by atoms with Gasteiger partial charge < -0.3 is 10.6 Å². The highest BCUT2D eigenvalue weighted by Crippen LogP contribution is 2.25. The molecule has 2 heterocycles. The summed E-state index contributed by atoms with van der Waals surface area (Å²) < 4.78 is 0. The van der Waals surface area contributed by atoms with Gasteiger partial charge in [0, 0.05) is 25.5 Å². The average Bonchev–Trinajstić information content (AvgIpc) is 2.41. The summed E-state index contributed by atoms with van der Waals surface area (Å²) in [4.78, 5) is 16.1. The Morgan fingerprint density at radius 3 is 2.84 bits per heavy atom. The molecular weight excluding hydrogens is 262 g/mol. The second-order valence-corrected chi connectivity index (χ2v) is 5.20. The molecule has 1 amide bonds. The Bertz CT molecular complexity index is 391. The van der Waals surface area contributed by atoms with Crippen LogP contribution in [0.1, 0.15) is 25.3 Å². The lowest BCUT2D eigenvalue weighted by Crippen LogP contribution is -2.49. The standard InChI is InChI=1S/C14H21N3O.ClH/c1-14(6-2-7-16-11-14)13(18)17-10-5-12-3-8-15-9-4-12;/h3-4,8-9,16H,2,5-7,10-11H2,1H3,(H,17,18);1H. The quantitative estimate of drug-likeness (QED) is 0.882.